The van der Waals surface area contributed by atoms with Crippen molar-refractivity contribution in [1.29, 1.82) is 0 Å². The zero-order valence-electron chi connectivity index (χ0n) is 13.4. The molecule has 1 heterocycles. The summed E-state index contributed by atoms with van der Waals surface area (Å²) in [5.41, 5.74) is 2.07. The molecule has 0 spiro atoms. The Bertz CT molecular complexity index is 669. The molecule has 0 radical (unpaired) electrons. The molecule has 0 aliphatic carbocycles. The van der Waals surface area contributed by atoms with E-state index >= 15 is 0 Å². The van der Waals surface area contributed by atoms with Crippen LogP contribution in [0.1, 0.15) is 17.0 Å². The van der Waals surface area contributed by atoms with Gasteiger partial charge in [0.1, 0.15) is 18.1 Å². The van der Waals surface area contributed by atoms with Crippen LogP contribution >= 0.6 is 0 Å². The highest BCUT2D eigenvalue weighted by atomic mass is 19.3. The van der Waals surface area contributed by atoms with Crippen LogP contribution in [-0.2, 0) is 6.42 Å². The number of rotatable bonds is 7. The lowest BCUT2D eigenvalue weighted by Crippen LogP contribution is -2.30. The first kappa shape index (κ1) is 17.7. The molecule has 6 nitrogen and oxygen atoms in total. The fraction of sp³-hybridized carbons (Fsp3) is 0.375. The first-order valence-electron chi connectivity index (χ1n) is 7.44. The van der Waals surface area contributed by atoms with Gasteiger partial charge in [-0.2, -0.15) is 0 Å². The average molecular weight is 339 g/mol. The monoisotopic (exact) mass is 339 g/mol. The first-order chi connectivity index (χ1) is 11.5. The van der Waals surface area contributed by atoms with Gasteiger partial charge in [-0.25, -0.2) is 13.6 Å². The Morgan fingerprint density at radius 2 is 2.08 bits per heavy atom. The van der Waals surface area contributed by atoms with Crippen LogP contribution in [0.2, 0.25) is 0 Å². The van der Waals surface area contributed by atoms with Crippen LogP contribution in [0, 0.1) is 13.8 Å². The van der Waals surface area contributed by atoms with E-state index in [1.54, 1.807) is 18.2 Å². The van der Waals surface area contributed by atoms with Crippen molar-refractivity contribution in [3.05, 3.63) is 41.3 Å². The Morgan fingerprint density at radius 1 is 1.33 bits per heavy atom. The van der Waals surface area contributed by atoms with Crippen molar-refractivity contribution < 1.29 is 22.8 Å². The van der Waals surface area contributed by atoms with Gasteiger partial charge in [0.15, 0.2) is 0 Å². The molecule has 0 fully saturated rings. The van der Waals surface area contributed by atoms with Crippen molar-refractivity contribution in [3.63, 3.8) is 0 Å². The van der Waals surface area contributed by atoms with Crippen molar-refractivity contribution in [2.75, 3.05) is 18.5 Å². The number of hydrogen-bond acceptors (Lipinski definition) is 4. The van der Waals surface area contributed by atoms with Gasteiger partial charge in [-0.15, -0.1) is 0 Å². The van der Waals surface area contributed by atoms with Gasteiger partial charge < -0.3 is 19.9 Å². The third-order valence-electron chi connectivity index (χ3n) is 3.34. The summed E-state index contributed by atoms with van der Waals surface area (Å²) >= 11 is 0. The van der Waals surface area contributed by atoms with Crippen LogP contribution in [-0.4, -0.2) is 30.8 Å². The van der Waals surface area contributed by atoms with E-state index in [4.69, 9.17) is 9.26 Å². The second-order valence-electron chi connectivity index (χ2n) is 5.13. The molecule has 130 valence electrons. The maximum atomic E-state index is 12.2. The molecule has 1 aromatic carbocycles. The number of carbonyl (C=O) groups excluding carboxylic acids is 1. The van der Waals surface area contributed by atoms with E-state index in [1.807, 2.05) is 13.8 Å². The minimum absolute atomic E-state index is 0.193. The zero-order valence-corrected chi connectivity index (χ0v) is 13.4. The highest BCUT2D eigenvalue weighted by Crippen LogP contribution is 2.24. The molecular formula is C16H19F2N3O3. The average Bonchev–Trinajstić information content (AvgIpc) is 2.86. The molecule has 8 heteroatoms. The maximum Gasteiger partial charge on any atom is 0.319 e. The number of nitrogens with one attached hydrogen (secondary N) is 2. The topological polar surface area (TPSA) is 76.4 Å². The highest BCUT2D eigenvalue weighted by Gasteiger charge is 2.11. The number of benzene rings is 1. The van der Waals surface area contributed by atoms with Crippen LogP contribution < -0.4 is 15.4 Å². The molecule has 0 saturated heterocycles. The first-order valence-corrected chi connectivity index (χ1v) is 7.44. The van der Waals surface area contributed by atoms with Gasteiger partial charge >= 0.3 is 6.03 Å². The molecule has 0 bridgehead atoms. The van der Waals surface area contributed by atoms with Crippen molar-refractivity contribution in [2.45, 2.75) is 26.7 Å². The standard InChI is InChI=1S/C16H19F2N3O3/c1-10-12(11(2)24-21-10)7-8-19-16(22)20-13-5-3-4-6-14(13)23-9-15(17)18/h3-6,15H,7-9H2,1-2H3,(H2,19,20,22). The second kappa shape index (κ2) is 8.28. The molecule has 2 aromatic rings. The van der Waals surface area contributed by atoms with Crippen molar-refractivity contribution in [1.82, 2.24) is 10.5 Å². The van der Waals surface area contributed by atoms with Crippen molar-refractivity contribution in [3.8, 4) is 5.75 Å². The third-order valence-corrected chi connectivity index (χ3v) is 3.34. The summed E-state index contributed by atoms with van der Waals surface area (Å²) in [4.78, 5) is 11.9. The highest BCUT2D eigenvalue weighted by molar-refractivity contribution is 5.90. The molecule has 0 atom stereocenters. The van der Waals surface area contributed by atoms with E-state index in [0.29, 0.717) is 18.7 Å². The van der Waals surface area contributed by atoms with Crippen LogP contribution in [0.25, 0.3) is 0 Å². The fourth-order valence-corrected chi connectivity index (χ4v) is 2.17. The summed E-state index contributed by atoms with van der Waals surface area (Å²) in [5.74, 6) is 0.916. The predicted molar refractivity (Wildman–Crippen MR) is 84.6 cm³/mol. The minimum atomic E-state index is -2.58. The molecule has 1 aromatic heterocycles. The molecular weight excluding hydrogens is 320 g/mol. The Hall–Kier alpha value is -2.64. The quantitative estimate of drug-likeness (QED) is 0.811. The number of para-hydroxylation sites is 2. The molecule has 24 heavy (non-hydrogen) atoms. The summed E-state index contributed by atoms with van der Waals surface area (Å²) in [6.07, 6.45) is -2.00. The number of aryl methyl sites for hydroxylation is 2. The van der Waals surface area contributed by atoms with Gasteiger partial charge in [0.2, 0.25) is 0 Å². The van der Waals surface area contributed by atoms with Gasteiger partial charge in [0, 0.05) is 12.1 Å². The summed E-state index contributed by atoms with van der Waals surface area (Å²) in [5, 5.41) is 9.12. The van der Waals surface area contributed by atoms with Crippen LogP contribution in [0.4, 0.5) is 19.3 Å². The molecule has 2 rings (SSSR count). The third kappa shape index (κ3) is 4.94. The van der Waals surface area contributed by atoms with Gasteiger partial charge in [-0.1, -0.05) is 17.3 Å². The molecule has 0 aliphatic heterocycles. The lowest BCUT2D eigenvalue weighted by molar-refractivity contribution is 0.0823. The lowest BCUT2D eigenvalue weighted by Gasteiger charge is -2.12. The zero-order chi connectivity index (χ0) is 17.5. The molecule has 0 aliphatic rings. The Kier molecular flexibility index (Phi) is 6.11. The molecule has 2 amide bonds. The number of ether oxygens (including phenoxy) is 1. The van der Waals surface area contributed by atoms with Crippen LogP contribution in [0.5, 0.6) is 5.75 Å². The molecule has 2 N–H and O–H groups in total. The normalized spacial score (nSPS) is 10.7. The predicted octanol–water partition coefficient (Wildman–Crippen LogP) is 3.30. The summed E-state index contributed by atoms with van der Waals surface area (Å²) in [6.45, 7) is 3.30. The lowest BCUT2D eigenvalue weighted by atomic mass is 10.1. The number of urea groups is 1. The number of nitrogens with zero attached hydrogens (tertiary/aromatic N) is 1. The Balaban J connectivity index is 1.86. The number of halogens is 2. The van der Waals surface area contributed by atoms with E-state index in [1.165, 1.54) is 6.07 Å². The fourth-order valence-electron chi connectivity index (χ4n) is 2.17. The number of hydrogen-bond donors (Lipinski definition) is 2. The van der Waals surface area contributed by atoms with E-state index in [-0.39, 0.29) is 5.75 Å². The second-order valence-corrected chi connectivity index (χ2v) is 5.13. The van der Waals surface area contributed by atoms with Gasteiger partial charge in [0.25, 0.3) is 6.43 Å². The smallest absolute Gasteiger partial charge is 0.319 e. The van der Waals surface area contributed by atoms with Crippen molar-refractivity contribution >= 4 is 11.7 Å². The van der Waals surface area contributed by atoms with E-state index in [9.17, 15) is 13.6 Å². The molecule has 0 saturated carbocycles. The summed E-state index contributed by atoms with van der Waals surface area (Å²) in [6, 6.07) is 5.96. The van der Waals surface area contributed by atoms with E-state index in [0.717, 1.165) is 17.0 Å². The molecule has 0 unspecified atom stereocenters. The number of alkyl halides is 2. The van der Waals surface area contributed by atoms with Gasteiger partial charge in [-0.05, 0) is 32.4 Å². The van der Waals surface area contributed by atoms with Gasteiger partial charge in [0.05, 0.1) is 11.4 Å². The minimum Gasteiger partial charge on any atom is -0.485 e. The van der Waals surface area contributed by atoms with E-state index < -0.39 is 19.1 Å². The summed E-state index contributed by atoms with van der Waals surface area (Å²) < 4.78 is 34.5. The number of anilines is 1. The largest absolute Gasteiger partial charge is 0.485 e. The summed E-state index contributed by atoms with van der Waals surface area (Å²) in [7, 11) is 0. The Morgan fingerprint density at radius 3 is 2.75 bits per heavy atom. The number of carbonyl (C=O) groups is 1. The number of amides is 2. The van der Waals surface area contributed by atoms with Gasteiger partial charge in [-0.3, -0.25) is 0 Å². The number of aromatic nitrogens is 1. The van der Waals surface area contributed by atoms with Crippen molar-refractivity contribution in [2.24, 2.45) is 0 Å². The van der Waals surface area contributed by atoms with E-state index in [2.05, 4.69) is 15.8 Å². The maximum absolute atomic E-state index is 12.2. The Labute approximate surface area is 138 Å². The SMILES string of the molecule is Cc1noc(C)c1CCNC(=O)Nc1ccccc1OCC(F)F. The van der Waals surface area contributed by atoms with Crippen LogP contribution in [0.15, 0.2) is 28.8 Å². The van der Waals surface area contributed by atoms with Crippen LogP contribution in [0.3, 0.4) is 0 Å².